The minimum absolute atomic E-state index is 0.0297. The number of amidine groups is 1. The standard InChI is InChI=1S/C14H18ClN3O3S/c1-13(10-6-9(16)2-3-11(10)15)8-22(19,20)14(12(17)18-13)4-5-21-7-14/h2-3,6H,4-5,7-8,16H2,1H3,(H2,17,18)/t13-,14+/m0/s1. The van der Waals surface area contributed by atoms with E-state index in [0.717, 1.165) is 0 Å². The van der Waals surface area contributed by atoms with Gasteiger partial charge in [-0.05, 0) is 37.1 Å². The third-order valence-electron chi connectivity index (χ3n) is 4.50. The largest absolute Gasteiger partial charge is 0.399 e. The Labute approximate surface area is 134 Å². The number of sulfone groups is 1. The van der Waals surface area contributed by atoms with Crippen LogP contribution in [0.2, 0.25) is 5.02 Å². The van der Waals surface area contributed by atoms with E-state index in [2.05, 4.69) is 5.32 Å². The fourth-order valence-corrected chi connectivity index (χ4v) is 5.81. The Morgan fingerprint density at radius 3 is 2.77 bits per heavy atom. The molecule has 8 heteroatoms. The molecule has 2 aliphatic rings. The molecule has 0 aromatic heterocycles. The predicted octanol–water partition coefficient (Wildman–Crippen LogP) is 1.29. The molecule has 0 amide bonds. The van der Waals surface area contributed by atoms with Crippen LogP contribution < -0.4 is 11.1 Å². The van der Waals surface area contributed by atoms with E-state index >= 15 is 0 Å². The first-order valence-electron chi connectivity index (χ1n) is 6.93. The van der Waals surface area contributed by atoms with Crippen molar-refractivity contribution in [3.8, 4) is 0 Å². The van der Waals surface area contributed by atoms with Crippen LogP contribution in [0.15, 0.2) is 18.2 Å². The van der Waals surface area contributed by atoms with Crippen LogP contribution in [0.3, 0.4) is 0 Å². The molecule has 22 heavy (non-hydrogen) atoms. The zero-order chi connectivity index (χ0) is 16.2. The van der Waals surface area contributed by atoms with Gasteiger partial charge in [0.1, 0.15) is 5.84 Å². The zero-order valence-electron chi connectivity index (χ0n) is 12.1. The maximum atomic E-state index is 12.9. The summed E-state index contributed by atoms with van der Waals surface area (Å²) in [4.78, 5) is 0. The first-order valence-corrected chi connectivity index (χ1v) is 8.96. The highest BCUT2D eigenvalue weighted by Crippen LogP contribution is 2.40. The molecule has 0 saturated carbocycles. The van der Waals surface area contributed by atoms with Crippen molar-refractivity contribution in [1.29, 1.82) is 5.41 Å². The summed E-state index contributed by atoms with van der Waals surface area (Å²) >= 11 is 6.23. The SMILES string of the molecule is C[C@@]1(c2cc(N)ccc2Cl)CS(=O)(=O)[C@@]2(CCOC2)C(=N)N1. The lowest BCUT2D eigenvalue weighted by atomic mass is 9.91. The number of rotatable bonds is 1. The molecular formula is C14H18ClN3O3S. The van der Waals surface area contributed by atoms with Gasteiger partial charge in [0.2, 0.25) is 0 Å². The highest BCUT2D eigenvalue weighted by molar-refractivity contribution is 7.93. The van der Waals surface area contributed by atoms with E-state index in [1.807, 2.05) is 0 Å². The summed E-state index contributed by atoms with van der Waals surface area (Å²) in [6, 6.07) is 4.95. The molecule has 2 saturated heterocycles. The van der Waals surface area contributed by atoms with Crippen molar-refractivity contribution in [2.45, 2.75) is 23.6 Å². The number of hydrogen-bond acceptors (Lipinski definition) is 5. The van der Waals surface area contributed by atoms with Gasteiger partial charge < -0.3 is 15.8 Å². The lowest BCUT2D eigenvalue weighted by Crippen LogP contribution is -2.66. The smallest absolute Gasteiger partial charge is 0.168 e. The minimum Gasteiger partial charge on any atom is -0.399 e. The lowest BCUT2D eigenvalue weighted by Gasteiger charge is -2.44. The molecule has 3 rings (SSSR count). The summed E-state index contributed by atoms with van der Waals surface area (Å²) in [5.74, 6) is -0.188. The molecular weight excluding hydrogens is 326 g/mol. The minimum atomic E-state index is -3.57. The van der Waals surface area contributed by atoms with Gasteiger partial charge in [0.05, 0.1) is 17.9 Å². The molecule has 2 heterocycles. The second kappa shape index (κ2) is 4.84. The first-order chi connectivity index (χ1) is 10.2. The zero-order valence-corrected chi connectivity index (χ0v) is 13.7. The molecule has 0 aliphatic carbocycles. The van der Waals surface area contributed by atoms with Crippen LogP contribution in [-0.4, -0.2) is 38.0 Å². The number of anilines is 1. The predicted molar refractivity (Wildman–Crippen MR) is 86.0 cm³/mol. The van der Waals surface area contributed by atoms with Gasteiger partial charge in [-0.1, -0.05) is 11.6 Å². The number of halogens is 1. The summed E-state index contributed by atoms with van der Waals surface area (Å²) in [6.07, 6.45) is 0.307. The van der Waals surface area contributed by atoms with Crippen LogP contribution in [-0.2, 0) is 20.1 Å². The maximum absolute atomic E-state index is 12.9. The highest BCUT2D eigenvalue weighted by Gasteiger charge is 2.58. The molecule has 2 fully saturated rings. The molecule has 1 aromatic carbocycles. The molecule has 120 valence electrons. The molecule has 0 radical (unpaired) electrons. The maximum Gasteiger partial charge on any atom is 0.168 e. The van der Waals surface area contributed by atoms with Crippen molar-refractivity contribution in [2.75, 3.05) is 24.7 Å². The van der Waals surface area contributed by atoms with Crippen molar-refractivity contribution >= 4 is 33.0 Å². The fourth-order valence-electron chi connectivity index (χ4n) is 3.20. The van der Waals surface area contributed by atoms with Crippen molar-refractivity contribution in [1.82, 2.24) is 5.32 Å². The highest BCUT2D eigenvalue weighted by atomic mass is 35.5. The molecule has 1 aromatic rings. The number of ether oxygens (including phenoxy) is 1. The van der Waals surface area contributed by atoms with E-state index in [1.165, 1.54) is 0 Å². The van der Waals surface area contributed by atoms with E-state index in [1.54, 1.807) is 25.1 Å². The van der Waals surface area contributed by atoms with Gasteiger partial charge in [0.25, 0.3) is 0 Å². The van der Waals surface area contributed by atoms with Crippen molar-refractivity contribution in [3.05, 3.63) is 28.8 Å². The number of nitrogen functional groups attached to an aromatic ring is 1. The summed E-state index contributed by atoms with van der Waals surface area (Å²) in [6.45, 7) is 2.10. The molecule has 4 N–H and O–H groups in total. The van der Waals surface area contributed by atoms with Crippen LogP contribution >= 0.6 is 11.6 Å². The van der Waals surface area contributed by atoms with Gasteiger partial charge in [-0.2, -0.15) is 0 Å². The van der Waals surface area contributed by atoms with Crippen molar-refractivity contribution < 1.29 is 13.2 Å². The Kier molecular flexibility index (Phi) is 3.43. The number of benzene rings is 1. The Morgan fingerprint density at radius 2 is 2.18 bits per heavy atom. The Bertz CT molecular complexity index is 744. The van der Waals surface area contributed by atoms with Crippen LogP contribution in [0.4, 0.5) is 5.69 Å². The second-order valence-corrected chi connectivity index (χ2v) is 8.83. The normalized spacial score (nSPS) is 33.8. The number of hydrogen-bond donors (Lipinski definition) is 3. The molecule has 0 bridgehead atoms. The van der Waals surface area contributed by atoms with Crippen molar-refractivity contribution in [2.24, 2.45) is 0 Å². The van der Waals surface area contributed by atoms with Crippen LogP contribution in [0.25, 0.3) is 0 Å². The third-order valence-corrected chi connectivity index (χ3v) is 7.50. The van der Waals surface area contributed by atoms with Crippen LogP contribution in [0.1, 0.15) is 18.9 Å². The lowest BCUT2D eigenvalue weighted by molar-refractivity contribution is 0.193. The molecule has 2 atom stereocenters. The summed E-state index contributed by atoms with van der Waals surface area (Å²) in [5, 5.41) is 11.7. The Hall–Kier alpha value is -1.31. The molecule has 2 aliphatic heterocycles. The van der Waals surface area contributed by atoms with E-state index in [0.29, 0.717) is 29.3 Å². The van der Waals surface area contributed by atoms with Crippen LogP contribution in [0, 0.1) is 5.41 Å². The van der Waals surface area contributed by atoms with Gasteiger partial charge in [0, 0.05) is 17.3 Å². The van der Waals surface area contributed by atoms with Gasteiger partial charge >= 0.3 is 0 Å². The topological polar surface area (TPSA) is 105 Å². The summed E-state index contributed by atoms with van der Waals surface area (Å²) in [7, 11) is -3.57. The number of nitrogens with one attached hydrogen (secondary N) is 2. The van der Waals surface area contributed by atoms with E-state index in [4.69, 9.17) is 27.5 Å². The summed E-state index contributed by atoms with van der Waals surface area (Å²) < 4.78 is 29.7. The quantitative estimate of drug-likeness (QED) is 0.666. The third kappa shape index (κ3) is 2.11. The van der Waals surface area contributed by atoms with E-state index in [9.17, 15) is 8.42 Å². The fraction of sp³-hybridized carbons (Fsp3) is 0.500. The van der Waals surface area contributed by atoms with E-state index in [-0.39, 0.29) is 18.2 Å². The monoisotopic (exact) mass is 343 g/mol. The van der Waals surface area contributed by atoms with Gasteiger partial charge in [-0.3, -0.25) is 5.41 Å². The summed E-state index contributed by atoms with van der Waals surface area (Å²) in [5.41, 5.74) is 5.89. The van der Waals surface area contributed by atoms with Gasteiger partial charge in [0.15, 0.2) is 14.6 Å². The Balaban J connectivity index is 2.08. The second-order valence-electron chi connectivity index (χ2n) is 6.13. The number of nitrogens with two attached hydrogens (primary N) is 1. The Morgan fingerprint density at radius 1 is 1.45 bits per heavy atom. The average molecular weight is 344 g/mol. The first kappa shape index (κ1) is 15.6. The average Bonchev–Trinajstić information content (AvgIpc) is 2.90. The molecule has 1 spiro atoms. The molecule has 0 unspecified atom stereocenters. The van der Waals surface area contributed by atoms with Gasteiger partial charge in [-0.25, -0.2) is 8.42 Å². The molecule has 6 nitrogen and oxygen atoms in total. The van der Waals surface area contributed by atoms with Gasteiger partial charge in [-0.15, -0.1) is 0 Å². The van der Waals surface area contributed by atoms with Crippen molar-refractivity contribution in [3.63, 3.8) is 0 Å². The van der Waals surface area contributed by atoms with E-state index < -0.39 is 20.1 Å². The van der Waals surface area contributed by atoms with Crippen LogP contribution in [0.5, 0.6) is 0 Å².